The molecular weight excluding hydrogens is 240 g/mol. The highest BCUT2D eigenvalue weighted by molar-refractivity contribution is 5.78. The number of nitrogens with one attached hydrogen (secondary N) is 2. The standard InChI is InChI=1S/C15H24N2O2/c1-11-5-7-14(8-6-11)13(3)16-9-15(18)17-12(2)10-19-4/h5-8,12-13,16H,9-10H2,1-4H3,(H,17,18)/t12?,13-/m0/s1. The van der Waals surface area contributed by atoms with E-state index >= 15 is 0 Å². The van der Waals surface area contributed by atoms with Crippen molar-refractivity contribution in [3.63, 3.8) is 0 Å². The van der Waals surface area contributed by atoms with Crippen molar-refractivity contribution >= 4 is 5.91 Å². The minimum absolute atomic E-state index is 0.0106. The first-order valence-electron chi connectivity index (χ1n) is 6.61. The zero-order valence-electron chi connectivity index (χ0n) is 12.2. The molecule has 0 saturated carbocycles. The first-order chi connectivity index (χ1) is 9.02. The van der Waals surface area contributed by atoms with Crippen LogP contribution in [0.3, 0.4) is 0 Å². The molecule has 4 heteroatoms. The molecule has 1 unspecified atom stereocenters. The SMILES string of the molecule is COCC(C)NC(=O)CN[C@@H](C)c1ccc(C)cc1. The Morgan fingerprint density at radius 1 is 1.26 bits per heavy atom. The second kappa shape index (κ2) is 7.92. The Morgan fingerprint density at radius 3 is 2.47 bits per heavy atom. The van der Waals surface area contributed by atoms with Crippen molar-refractivity contribution in [3.8, 4) is 0 Å². The fourth-order valence-corrected chi connectivity index (χ4v) is 1.84. The van der Waals surface area contributed by atoms with Crippen LogP contribution in [0.25, 0.3) is 0 Å². The fourth-order valence-electron chi connectivity index (χ4n) is 1.84. The van der Waals surface area contributed by atoms with Crippen LogP contribution in [-0.2, 0) is 9.53 Å². The summed E-state index contributed by atoms with van der Waals surface area (Å²) < 4.78 is 4.98. The molecule has 1 aromatic rings. The third kappa shape index (κ3) is 5.85. The minimum atomic E-state index is -0.0106. The largest absolute Gasteiger partial charge is 0.383 e. The average molecular weight is 264 g/mol. The van der Waals surface area contributed by atoms with E-state index in [4.69, 9.17) is 4.74 Å². The molecule has 0 aliphatic rings. The molecule has 2 atom stereocenters. The van der Waals surface area contributed by atoms with Gasteiger partial charge < -0.3 is 15.4 Å². The molecule has 2 N–H and O–H groups in total. The highest BCUT2D eigenvalue weighted by Gasteiger charge is 2.09. The maximum Gasteiger partial charge on any atom is 0.234 e. The summed E-state index contributed by atoms with van der Waals surface area (Å²) in [7, 11) is 1.63. The molecule has 0 spiro atoms. The van der Waals surface area contributed by atoms with Gasteiger partial charge >= 0.3 is 0 Å². The molecule has 0 aromatic heterocycles. The number of benzene rings is 1. The summed E-state index contributed by atoms with van der Waals surface area (Å²) in [5.74, 6) is -0.0106. The lowest BCUT2D eigenvalue weighted by Gasteiger charge is -2.16. The van der Waals surface area contributed by atoms with Gasteiger partial charge in [-0.15, -0.1) is 0 Å². The maximum absolute atomic E-state index is 11.7. The Morgan fingerprint density at radius 2 is 1.89 bits per heavy atom. The molecule has 4 nitrogen and oxygen atoms in total. The van der Waals surface area contributed by atoms with Crippen molar-refractivity contribution in [3.05, 3.63) is 35.4 Å². The first-order valence-corrected chi connectivity index (χ1v) is 6.61. The third-order valence-corrected chi connectivity index (χ3v) is 2.97. The summed E-state index contributed by atoms with van der Waals surface area (Å²) >= 11 is 0. The van der Waals surface area contributed by atoms with Gasteiger partial charge in [-0.2, -0.15) is 0 Å². The topological polar surface area (TPSA) is 50.4 Å². The Balaban J connectivity index is 2.35. The lowest BCUT2D eigenvalue weighted by Crippen LogP contribution is -2.41. The molecule has 0 bridgehead atoms. The second-order valence-corrected chi connectivity index (χ2v) is 4.94. The molecule has 1 aromatic carbocycles. The van der Waals surface area contributed by atoms with E-state index in [2.05, 4.69) is 48.7 Å². The zero-order valence-corrected chi connectivity index (χ0v) is 12.2. The summed E-state index contributed by atoms with van der Waals surface area (Å²) in [4.78, 5) is 11.7. The quantitative estimate of drug-likeness (QED) is 0.789. The Hall–Kier alpha value is -1.39. The van der Waals surface area contributed by atoms with E-state index in [1.54, 1.807) is 7.11 Å². The number of carbonyl (C=O) groups excluding carboxylic acids is 1. The van der Waals surface area contributed by atoms with Crippen molar-refractivity contribution in [2.45, 2.75) is 32.9 Å². The summed E-state index contributed by atoms with van der Waals surface area (Å²) in [6.45, 7) is 6.87. The van der Waals surface area contributed by atoms with Gasteiger partial charge in [0.25, 0.3) is 0 Å². The number of aryl methyl sites for hydroxylation is 1. The van der Waals surface area contributed by atoms with Crippen LogP contribution in [0.15, 0.2) is 24.3 Å². The monoisotopic (exact) mass is 264 g/mol. The van der Waals surface area contributed by atoms with Gasteiger partial charge in [0.05, 0.1) is 13.2 Å². The summed E-state index contributed by atoms with van der Waals surface area (Å²) in [6.07, 6.45) is 0. The fraction of sp³-hybridized carbons (Fsp3) is 0.533. The van der Waals surface area contributed by atoms with E-state index in [9.17, 15) is 4.79 Å². The summed E-state index contributed by atoms with van der Waals surface area (Å²) in [5.41, 5.74) is 2.42. The molecule has 1 amide bonds. The normalized spacial score (nSPS) is 13.9. The number of rotatable bonds is 7. The van der Waals surface area contributed by atoms with Gasteiger partial charge in [-0.25, -0.2) is 0 Å². The molecule has 0 heterocycles. The average Bonchev–Trinajstić information content (AvgIpc) is 2.37. The van der Waals surface area contributed by atoms with Crippen molar-refractivity contribution in [1.82, 2.24) is 10.6 Å². The number of methoxy groups -OCH3 is 1. The molecule has 19 heavy (non-hydrogen) atoms. The molecule has 106 valence electrons. The van der Waals surface area contributed by atoms with Gasteiger partial charge in [0, 0.05) is 19.2 Å². The number of hydrogen-bond acceptors (Lipinski definition) is 3. The van der Waals surface area contributed by atoms with E-state index in [1.165, 1.54) is 11.1 Å². The van der Waals surface area contributed by atoms with Gasteiger partial charge in [0.15, 0.2) is 0 Å². The number of carbonyl (C=O) groups is 1. The van der Waals surface area contributed by atoms with Gasteiger partial charge in [-0.1, -0.05) is 29.8 Å². The molecule has 0 aliphatic heterocycles. The molecule has 0 aliphatic carbocycles. The lowest BCUT2D eigenvalue weighted by atomic mass is 10.1. The molecule has 1 rings (SSSR count). The predicted octanol–water partition coefficient (Wildman–Crippen LogP) is 1.80. The Labute approximate surface area is 115 Å². The molecule has 0 saturated heterocycles. The van der Waals surface area contributed by atoms with Crippen LogP contribution in [0, 0.1) is 6.92 Å². The molecule has 0 fully saturated rings. The van der Waals surface area contributed by atoms with Gasteiger partial charge in [-0.3, -0.25) is 4.79 Å². The van der Waals surface area contributed by atoms with Crippen molar-refractivity contribution < 1.29 is 9.53 Å². The lowest BCUT2D eigenvalue weighted by molar-refractivity contribution is -0.121. The van der Waals surface area contributed by atoms with Crippen molar-refractivity contribution in [2.75, 3.05) is 20.3 Å². The van der Waals surface area contributed by atoms with Crippen LogP contribution in [0.5, 0.6) is 0 Å². The number of amides is 1. The van der Waals surface area contributed by atoms with Gasteiger partial charge in [0.2, 0.25) is 5.91 Å². The number of ether oxygens (including phenoxy) is 1. The number of hydrogen-bond donors (Lipinski definition) is 2. The smallest absolute Gasteiger partial charge is 0.234 e. The Kier molecular flexibility index (Phi) is 6.53. The highest BCUT2D eigenvalue weighted by Crippen LogP contribution is 2.12. The first kappa shape index (κ1) is 15.7. The van der Waals surface area contributed by atoms with Gasteiger partial charge in [-0.05, 0) is 26.3 Å². The predicted molar refractivity (Wildman–Crippen MR) is 77.1 cm³/mol. The summed E-state index contributed by atoms with van der Waals surface area (Å²) in [5, 5.41) is 6.08. The van der Waals surface area contributed by atoms with Crippen LogP contribution in [0.1, 0.15) is 31.0 Å². The van der Waals surface area contributed by atoms with E-state index in [0.717, 1.165) is 0 Å². The van der Waals surface area contributed by atoms with Crippen LogP contribution in [0.2, 0.25) is 0 Å². The van der Waals surface area contributed by atoms with E-state index in [-0.39, 0.29) is 18.0 Å². The third-order valence-electron chi connectivity index (χ3n) is 2.97. The molecular formula is C15H24N2O2. The van der Waals surface area contributed by atoms with Crippen molar-refractivity contribution in [2.24, 2.45) is 0 Å². The zero-order chi connectivity index (χ0) is 14.3. The van der Waals surface area contributed by atoms with Crippen LogP contribution in [0.4, 0.5) is 0 Å². The van der Waals surface area contributed by atoms with E-state index in [1.807, 2.05) is 6.92 Å². The van der Waals surface area contributed by atoms with E-state index < -0.39 is 0 Å². The second-order valence-electron chi connectivity index (χ2n) is 4.94. The summed E-state index contributed by atoms with van der Waals surface area (Å²) in [6, 6.07) is 8.51. The van der Waals surface area contributed by atoms with Crippen LogP contribution in [-0.4, -0.2) is 32.2 Å². The minimum Gasteiger partial charge on any atom is -0.383 e. The maximum atomic E-state index is 11.7. The van der Waals surface area contributed by atoms with Crippen LogP contribution >= 0.6 is 0 Å². The van der Waals surface area contributed by atoms with Crippen LogP contribution < -0.4 is 10.6 Å². The molecule has 0 radical (unpaired) electrons. The van der Waals surface area contributed by atoms with Gasteiger partial charge in [0.1, 0.15) is 0 Å². The Bertz CT molecular complexity index is 390. The van der Waals surface area contributed by atoms with E-state index in [0.29, 0.717) is 13.2 Å². The highest BCUT2D eigenvalue weighted by atomic mass is 16.5. The van der Waals surface area contributed by atoms with Crippen molar-refractivity contribution in [1.29, 1.82) is 0 Å².